The number of rotatable bonds is 3. The number of aryl methyl sites for hydroxylation is 1. The molecule has 0 saturated heterocycles. The van der Waals surface area contributed by atoms with E-state index in [-0.39, 0.29) is 5.91 Å². The largest absolute Gasteiger partial charge is 0.353 e. The molecule has 1 heterocycles. The van der Waals surface area contributed by atoms with Gasteiger partial charge in [0.1, 0.15) is 0 Å². The van der Waals surface area contributed by atoms with Gasteiger partial charge in [-0.3, -0.25) is 4.79 Å². The molecule has 74 valence electrons. The van der Waals surface area contributed by atoms with Crippen LogP contribution in [0.5, 0.6) is 0 Å². The van der Waals surface area contributed by atoms with Crippen molar-refractivity contribution in [3.05, 3.63) is 29.6 Å². The van der Waals surface area contributed by atoms with E-state index in [9.17, 15) is 4.79 Å². The number of amides is 1. The molecule has 0 atom stereocenters. The number of hydrogen-bond acceptors (Lipinski definition) is 3. The second-order valence-electron chi connectivity index (χ2n) is 2.94. The lowest BCUT2D eigenvalue weighted by molar-refractivity contribution is -0.118. The van der Waals surface area contributed by atoms with Crippen LogP contribution in [-0.2, 0) is 4.79 Å². The van der Waals surface area contributed by atoms with Crippen LogP contribution in [0.4, 0.5) is 0 Å². The number of nitrogens with zero attached hydrogens (tertiary/aromatic N) is 2. The average Bonchev–Trinajstić information content (AvgIpc) is 2.15. The van der Waals surface area contributed by atoms with Crippen LogP contribution in [0.25, 0.3) is 6.08 Å². The van der Waals surface area contributed by atoms with Gasteiger partial charge in [-0.15, -0.1) is 0 Å². The van der Waals surface area contributed by atoms with Gasteiger partial charge in [-0.25, -0.2) is 0 Å². The van der Waals surface area contributed by atoms with E-state index in [2.05, 4.69) is 15.5 Å². The van der Waals surface area contributed by atoms with E-state index >= 15 is 0 Å². The molecule has 0 aliphatic rings. The van der Waals surface area contributed by atoms with E-state index < -0.39 is 0 Å². The van der Waals surface area contributed by atoms with Crippen molar-refractivity contribution in [3.8, 4) is 0 Å². The molecule has 1 amide bonds. The van der Waals surface area contributed by atoms with E-state index in [4.69, 9.17) is 0 Å². The molecular weight excluding hydrogens is 178 g/mol. The summed E-state index contributed by atoms with van der Waals surface area (Å²) in [5.41, 5.74) is 1.69. The maximum absolute atomic E-state index is 10.5. The van der Waals surface area contributed by atoms with Gasteiger partial charge in [0.2, 0.25) is 5.91 Å². The molecule has 1 aromatic rings. The Morgan fingerprint density at radius 3 is 2.86 bits per heavy atom. The quantitative estimate of drug-likeness (QED) is 0.773. The Morgan fingerprint density at radius 1 is 1.50 bits per heavy atom. The molecule has 0 saturated carbocycles. The van der Waals surface area contributed by atoms with Gasteiger partial charge in [0.15, 0.2) is 0 Å². The summed E-state index contributed by atoms with van der Waals surface area (Å²) in [5, 5.41) is 10.5. The molecule has 0 aromatic carbocycles. The molecule has 14 heavy (non-hydrogen) atoms. The van der Waals surface area contributed by atoms with Gasteiger partial charge in [-0.2, -0.15) is 10.2 Å². The highest BCUT2D eigenvalue weighted by Gasteiger charge is 1.89. The predicted octanol–water partition coefficient (Wildman–Crippen LogP) is 0.934. The molecule has 1 rings (SSSR count). The van der Waals surface area contributed by atoms with Crippen molar-refractivity contribution in [2.24, 2.45) is 0 Å². The lowest BCUT2D eigenvalue weighted by Crippen LogP contribution is -2.19. The summed E-state index contributed by atoms with van der Waals surface area (Å²) in [6.45, 7) is 3.89. The van der Waals surface area contributed by atoms with Crippen molar-refractivity contribution in [1.29, 1.82) is 0 Å². The number of aromatic nitrogens is 2. The number of carbonyl (C=O) groups excluding carboxylic acids is 1. The fourth-order valence-electron chi connectivity index (χ4n) is 0.880. The van der Waals surface area contributed by atoms with Crippen molar-refractivity contribution >= 4 is 12.0 Å². The molecule has 0 aliphatic heterocycles. The minimum absolute atomic E-state index is 0.0374. The minimum atomic E-state index is -0.0374. The summed E-state index contributed by atoms with van der Waals surface area (Å²) in [5.74, 6) is -0.0374. The van der Waals surface area contributed by atoms with E-state index in [0.29, 0.717) is 6.54 Å². The van der Waals surface area contributed by atoms with Crippen molar-refractivity contribution in [3.63, 3.8) is 0 Å². The first-order valence-electron chi connectivity index (χ1n) is 4.40. The second kappa shape index (κ2) is 5.11. The molecule has 4 heteroatoms. The Bertz CT molecular complexity index is 330. The zero-order chi connectivity index (χ0) is 10.4. The summed E-state index contributed by atoms with van der Waals surface area (Å²) >= 11 is 0. The number of hydrogen-bond donors (Lipinski definition) is 1. The fourth-order valence-corrected chi connectivity index (χ4v) is 0.880. The van der Waals surface area contributed by atoms with Crippen LogP contribution >= 0.6 is 0 Å². The number of nitrogens with one attached hydrogen (secondary N) is 1. The zero-order valence-corrected chi connectivity index (χ0v) is 8.32. The minimum Gasteiger partial charge on any atom is -0.353 e. The Hall–Kier alpha value is -1.71. The highest BCUT2D eigenvalue weighted by molar-refractivity contribution is 5.73. The maximum atomic E-state index is 10.5. The Labute approximate surface area is 83.1 Å². The third-order valence-corrected chi connectivity index (χ3v) is 1.58. The summed E-state index contributed by atoms with van der Waals surface area (Å²) in [6.07, 6.45) is 3.66. The van der Waals surface area contributed by atoms with Crippen LogP contribution in [0.1, 0.15) is 18.3 Å². The molecular formula is C10H13N3O. The third kappa shape index (κ3) is 3.80. The van der Waals surface area contributed by atoms with Crippen molar-refractivity contribution in [2.45, 2.75) is 13.8 Å². The first kappa shape index (κ1) is 10.4. The summed E-state index contributed by atoms with van der Waals surface area (Å²) < 4.78 is 0. The molecule has 1 aromatic heterocycles. The van der Waals surface area contributed by atoms with Crippen molar-refractivity contribution < 1.29 is 4.79 Å². The van der Waals surface area contributed by atoms with Gasteiger partial charge >= 0.3 is 0 Å². The maximum Gasteiger partial charge on any atom is 0.217 e. The fraction of sp³-hybridized carbons (Fsp3) is 0.300. The lowest BCUT2D eigenvalue weighted by Gasteiger charge is -1.95. The number of carbonyl (C=O) groups is 1. The summed E-state index contributed by atoms with van der Waals surface area (Å²) in [7, 11) is 0. The van der Waals surface area contributed by atoms with Gasteiger partial charge in [-0.1, -0.05) is 6.08 Å². The first-order valence-corrected chi connectivity index (χ1v) is 4.40. The van der Waals surface area contributed by atoms with Gasteiger partial charge < -0.3 is 5.32 Å². The average molecular weight is 191 g/mol. The van der Waals surface area contributed by atoms with E-state index in [1.807, 2.05) is 31.2 Å². The van der Waals surface area contributed by atoms with E-state index in [1.54, 1.807) is 0 Å². The van der Waals surface area contributed by atoms with Gasteiger partial charge in [0.25, 0.3) is 0 Å². The molecule has 1 N–H and O–H groups in total. The normalized spacial score (nSPS) is 10.4. The molecule has 0 radical (unpaired) electrons. The van der Waals surface area contributed by atoms with E-state index in [0.717, 1.165) is 11.4 Å². The molecule has 4 nitrogen and oxygen atoms in total. The third-order valence-electron chi connectivity index (χ3n) is 1.58. The smallest absolute Gasteiger partial charge is 0.217 e. The molecule has 0 bridgehead atoms. The topological polar surface area (TPSA) is 54.9 Å². The van der Waals surface area contributed by atoms with Gasteiger partial charge in [0.05, 0.1) is 11.4 Å². The first-order chi connectivity index (χ1) is 6.68. The van der Waals surface area contributed by atoms with Gasteiger partial charge in [-0.05, 0) is 25.1 Å². The van der Waals surface area contributed by atoms with E-state index in [1.165, 1.54) is 6.92 Å². The summed E-state index contributed by atoms with van der Waals surface area (Å²) in [6, 6.07) is 3.78. The van der Waals surface area contributed by atoms with Crippen LogP contribution in [0, 0.1) is 6.92 Å². The highest BCUT2D eigenvalue weighted by Crippen LogP contribution is 1.96. The molecule has 0 unspecified atom stereocenters. The second-order valence-corrected chi connectivity index (χ2v) is 2.94. The van der Waals surface area contributed by atoms with Gasteiger partial charge in [0, 0.05) is 13.5 Å². The predicted molar refractivity (Wildman–Crippen MR) is 54.5 cm³/mol. The molecule has 0 aliphatic carbocycles. The standard InChI is InChI=1S/C10H13N3O/c1-8-5-6-10(13-12-8)4-3-7-11-9(2)14/h3-6H,7H2,1-2H3,(H,11,14). The van der Waals surface area contributed by atoms with Crippen molar-refractivity contribution in [2.75, 3.05) is 6.54 Å². The zero-order valence-electron chi connectivity index (χ0n) is 8.32. The van der Waals surface area contributed by atoms with Crippen LogP contribution in [-0.4, -0.2) is 22.6 Å². The van der Waals surface area contributed by atoms with Crippen molar-refractivity contribution in [1.82, 2.24) is 15.5 Å². The van der Waals surface area contributed by atoms with Crippen LogP contribution in [0.3, 0.4) is 0 Å². The van der Waals surface area contributed by atoms with Crippen LogP contribution in [0.15, 0.2) is 18.2 Å². The summed E-state index contributed by atoms with van der Waals surface area (Å²) in [4.78, 5) is 10.5. The monoisotopic (exact) mass is 191 g/mol. The van der Waals surface area contributed by atoms with Crippen LogP contribution in [0.2, 0.25) is 0 Å². The molecule has 0 fully saturated rings. The Kier molecular flexibility index (Phi) is 3.79. The SMILES string of the molecule is CC(=O)NCC=Cc1ccc(C)nn1. The molecule has 0 spiro atoms. The lowest BCUT2D eigenvalue weighted by atomic mass is 10.3. The Morgan fingerprint density at radius 2 is 2.29 bits per heavy atom. The van der Waals surface area contributed by atoms with Crippen LogP contribution < -0.4 is 5.32 Å². The Balaban J connectivity index is 2.44. The highest BCUT2D eigenvalue weighted by atomic mass is 16.1.